The lowest BCUT2D eigenvalue weighted by molar-refractivity contribution is 0.0698. The summed E-state index contributed by atoms with van der Waals surface area (Å²) in [7, 11) is 0. The van der Waals surface area contributed by atoms with E-state index in [2.05, 4.69) is 21.2 Å². The summed E-state index contributed by atoms with van der Waals surface area (Å²) in [5, 5.41) is 30.8. The molecule has 0 spiro atoms. The number of para-hydroxylation sites is 1. The maximum atomic E-state index is 12.1. The minimum atomic E-state index is -1.21. The first-order valence-corrected chi connectivity index (χ1v) is 6.55. The standard InChI is InChI=1S/C14H10BrNO5/c15-8-4-1-3-7(14(20)21)12(8)16-13(19)11-9(17)5-2-6-10(11)18/h1-6,17-18H,(H,16,19)(H,20,21). The van der Waals surface area contributed by atoms with E-state index in [0.717, 1.165) is 0 Å². The summed E-state index contributed by atoms with van der Waals surface area (Å²) in [6, 6.07) is 8.27. The van der Waals surface area contributed by atoms with Crippen LogP contribution < -0.4 is 5.32 Å². The van der Waals surface area contributed by atoms with Gasteiger partial charge in [-0.3, -0.25) is 4.79 Å². The Bertz CT molecular complexity index is 709. The number of hydrogen-bond acceptors (Lipinski definition) is 4. The summed E-state index contributed by atoms with van der Waals surface area (Å²) in [5.74, 6) is -2.85. The SMILES string of the molecule is O=C(O)c1cccc(Br)c1NC(=O)c1c(O)cccc1O. The molecule has 0 bridgehead atoms. The van der Waals surface area contributed by atoms with Gasteiger partial charge in [0.05, 0.1) is 11.3 Å². The lowest BCUT2D eigenvalue weighted by Crippen LogP contribution is -2.15. The zero-order chi connectivity index (χ0) is 15.6. The van der Waals surface area contributed by atoms with Gasteiger partial charge in [-0.2, -0.15) is 0 Å². The lowest BCUT2D eigenvalue weighted by atomic mass is 10.1. The minimum absolute atomic E-state index is 0.0395. The van der Waals surface area contributed by atoms with Crippen LogP contribution in [0.15, 0.2) is 40.9 Å². The number of halogens is 1. The van der Waals surface area contributed by atoms with Gasteiger partial charge >= 0.3 is 5.97 Å². The molecule has 0 atom stereocenters. The van der Waals surface area contributed by atoms with Crippen LogP contribution in [0, 0.1) is 0 Å². The van der Waals surface area contributed by atoms with E-state index in [1.807, 2.05) is 0 Å². The molecule has 0 fully saturated rings. The molecule has 0 heterocycles. The molecule has 0 aromatic heterocycles. The van der Waals surface area contributed by atoms with E-state index in [1.165, 1.54) is 30.3 Å². The summed E-state index contributed by atoms with van der Waals surface area (Å²) in [4.78, 5) is 23.3. The van der Waals surface area contributed by atoms with Crippen molar-refractivity contribution in [1.82, 2.24) is 0 Å². The summed E-state index contributed by atoms with van der Waals surface area (Å²) in [6.07, 6.45) is 0. The Kier molecular flexibility index (Phi) is 4.13. The molecular formula is C14H10BrNO5. The Labute approximate surface area is 127 Å². The summed E-state index contributed by atoms with van der Waals surface area (Å²) in [5.41, 5.74) is -0.408. The third-order valence-corrected chi connectivity index (χ3v) is 3.39. The molecule has 0 unspecified atom stereocenters. The number of carboxylic acids is 1. The van der Waals surface area contributed by atoms with Gasteiger partial charge in [-0.05, 0) is 40.2 Å². The van der Waals surface area contributed by atoms with Gasteiger partial charge in [0.15, 0.2) is 0 Å². The lowest BCUT2D eigenvalue weighted by Gasteiger charge is -2.12. The maximum absolute atomic E-state index is 12.1. The average Bonchev–Trinajstić information content (AvgIpc) is 2.40. The number of rotatable bonds is 3. The van der Waals surface area contributed by atoms with E-state index >= 15 is 0 Å². The van der Waals surface area contributed by atoms with E-state index in [9.17, 15) is 19.8 Å². The smallest absolute Gasteiger partial charge is 0.337 e. The van der Waals surface area contributed by atoms with Crippen molar-refractivity contribution >= 4 is 33.5 Å². The van der Waals surface area contributed by atoms with Crippen LogP contribution in [0.3, 0.4) is 0 Å². The number of benzene rings is 2. The fraction of sp³-hybridized carbons (Fsp3) is 0. The van der Waals surface area contributed by atoms with Crippen molar-refractivity contribution in [2.24, 2.45) is 0 Å². The van der Waals surface area contributed by atoms with Crippen molar-refractivity contribution in [3.63, 3.8) is 0 Å². The predicted molar refractivity (Wildman–Crippen MR) is 78.8 cm³/mol. The van der Waals surface area contributed by atoms with Crippen LogP contribution in [0.2, 0.25) is 0 Å². The Morgan fingerprint density at radius 3 is 2.14 bits per heavy atom. The summed E-state index contributed by atoms with van der Waals surface area (Å²) in [6.45, 7) is 0. The molecule has 6 nitrogen and oxygen atoms in total. The van der Waals surface area contributed by atoms with Crippen molar-refractivity contribution in [2.75, 3.05) is 5.32 Å². The number of phenols is 2. The van der Waals surface area contributed by atoms with Gasteiger partial charge in [-0.25, -0.2) is 4.79 Å². The second-order valence-electron chi connectivity index (χ2n) is 4.09. The predicted octanol–water partition coefficient (Wildman–Crippen LogP) is 2.81. The van der Waals surface area contributed by atoms with Crippen LogP contribution in [-0.2, 0) is 0 Å². The number of aromatic hydroxyl groups is 2. The Balaban J connectivity index is 2.44. The van der Waals surface area contributed by atoms with E-state index in [0.29, 0.717) is 4.47 Å². The number of carbonyl (C=O) groups excluding carboxylic acids is 1. The highest BCUT2D eigenvalue weighted by Crippen LogP contribution is 2.30. The van der Waals surface area contributed by atoms with Gasteiger partial charge in [0.2, 0.25) is 0 Å². The molecule has 0 aliphatic carbocycles. The first kappa shape index (κ1) is 14.9. The molecule has 2 aromatic carbocycles. The Morgan fingerprint density at radius 2 is 1.57 bits per heavy atom. The van der Waals surface area contributed by atoms with Crippen molar-refractivity contribution in [3.05, 3.63) is 52.0 Å². The second-order valence-corrected chi connectivity index (χ2v) is 4.95. The van der Waals surface area contributed by atoms with E-state index in [-0.39, 0.29) is 16.8 Å². The van der Waals surface area contributed by atoms with E-state index in [1.54, 1.807) is 6.07 Å². The number of aromatic carboxylic acids is 1. The average molecular weight is 352 g/mol. The number of nitrogens with one attached hydrogen (secondary N) is 1. The van der Waals surface area contributed by atoms with Gasteiger partial charge in [0.1, 0.15) is 17.1 Å². The van der Waals surface area contributed by atoms with Gasteiger partial charge in [0.25, 0.3) is 5.91 Å². The van der Waals surface area contributed by atoms with Gasteiger partial charge in [-0.1, -0.05) is 12.1 Å². The quantitative estimate of drug-likeness (QED) is 0.680. The molecule has 1 amide bonds. The van der Waals surface area contributed by atoms with Crippen molar-refractivity contribution in [2.45, 2.75) is 0 Å². The molecule has 0 aliphatic heterocycles. The van der Waals surface area contributed by atoms with Crippen LogP contribution in [-0.4, -0.2) is 27.2 Å². The molecule has 0 saturated heterocycles. The van der Waals surface area contributed by atoms with Crippen LogP contribution in [0.25, 0.3) is 0 Å². The molecule has 0 aliphatic rings. The topological polar surface area (TPSA) is 107 Å². The molecule has 2 rings (SSSR count). The molecule has 7 heteroatoms. The highest BCUT2D eigenvalue weighted by Gasteiger charge is 2.20. The summed E-state index contributed by atoms with van der Waals surface area (Å²) >= 11 is 3.15. The van der Waals surface area contributed by atoms with Crippen LogP contribution in [0.4, 0.5) is 5.69 Å². The molecule has 108 valence electrons. The number of phenolic OH excluding ortho intramolecular Hbond substituents is 2. The molecule has 0 saturated carbocycles. The fourth-order valence-corrected chi connectivity index (χ4v) is 2.23. The van der Waals surface area contributed by atoms with E-state index in [4.69, 9.17) is 5.11 Å². The minimum Gasteiger partial charge on any atom is -0.507 e. The van der Waals surface area contributed by atoms with Crippen molar-refractivity contribution in [1.29, 1.82) is 0 Å². The first-order valence-electron chi connectivity index (χ1n) is 5.76. The number of carboxylic acid groups (broad SMARTS) is 1. The van der Waals surface area contributed by atoms with Crippen molar-refractivity contribution < 1.29 is 24.9 Å². The van der Waals surface area contributed by atoms with Crippen molar-refractivity contribution in [3.8, 4) is 11.5 Å². The zero-order valence-corrected chi connectivity index (χ0v) is 12.1. The van der Waals surface area contributed by atoms with Gasteiger partial charge in [-0.15, -0.1) is 0 Å². The van der Waals surface area contributed by atoms with Crippen LogP contribution >= 0.6 is 15.9 Å². The Hall–Kier alpha value is -2.54. The molecule has 2 aromatic rings. The second kappa shape index (κ2) is 5.84. The zero-order valence-electron chi connectivity index (χ0n) is 10.5. The number of hydrogen-bond donors (Lipinski definition) is 4. The van der Waals surface area contributed by atoms with E-state index < -0.39 is 23.4 Å². The third kappa shape index (κ3) is 2.97. The maximum Gasteiger partial charge on any atom is 0.337 e. The number of carbonyl (C=O) groups is 2. The van der Waals surface area contributed by atoms with Crippen LogP contribution in [0.5, 0.6) is 11.5 Å². The largest absolute Gasteiger partial charge is 0.507 e. The molecule has 21 heavy (non-hydrogen) atoms. The highest BCUT2D eigenvalue weighted by atomic mass is 79.9. The molecule has 0 radical (unpaired) electrons. The Morgan fingerprint density at radius 1 is 1.00 bits per heavy atom. The number of anilines is 1. The molecular weight excluding hydrogens is 342 g/mol. The third-order valence-electron chi connectivity index (χ3n) is 2.73. The molecule has 4 N–H and O–H groups in total. The normalized spacial score (nSPS) is 10.1. The van der Waals surface area contributed by atoms with Gasteiger partial charge in [0, 0.05) is 4.47 Å². The van der Waals surface area contributed by atoms with Crippen LogP contribution in [0.1, 0.15) is 20.7 Å². The first-order chi connectivity index (χ1) is 9.91. The highest BCUT2D eigenvalue weighted by molar-refractivity contribution is 9.10. The monoisotopic (exact) mass is 351 g/mol. The number of amides is 1. The van der Waals surface area contributed by atoms with Gasteiger partial charge < -0.3 is 20.6 Å². The summed E-state index contributed by atoms with van der Waals surface area (Å²) < 4.78 is 0.366. The fourth-order valence-electron chi connectivity index (χ4n) is 1.77.